The van der Waals surface area contributed by atoms with Crippen molar-refractivity contribution < 1.29 is 9.53 Å². The highest BCUT2D eigenvalue weighted by atomic mass is 16.5. The van der Waals surface area contributed by atoms with E-state index >= 15 is 0 Å². The summed E-state index contributed by atoms with van der Waals surface area (Å²) in [4.78, 5) is 23.3. The van der Waals surface area contributed by atoms with E-state index < -0.39 is 0 Å². The van der Waals surface area contributed by atoms with Gasteiger partial charge in [-0.05, 0) is 18.6 Å². The van der Waals surface area contributed by atoms with Crippen LogP contribution >= 0.6 is 0 Å². The molecule has 0 aromatic carbocycles. The van der Waals surface area contributed by atoms with Gasteiger partial charge in [0.1, 0.15) is 5.69 Å². The predicted molar refractivity (Wildman–Crippen MR) is 92.3 cm³/mol. The van der Waals surface area contributed by atoms with Crippen LogP contribution in [-0.2, 0) is 18.2 Å². The van der Waals surface area contributed by atoms with Crippen LogP contribution in [0.25, 0.3) is 5.52 Å². The van der Waals surface area contributed by atoms with Gasteiger partial charge >= 0.3 is 0 Å². The van der Waals surface area contributed by atoms with Gasteiger partial charge in [0.05, 0.1) is 30.8 Å². The molecule has 0 saturated carbocycles. The fourth-order valence-electron chi connectivity index (χ4n) is 3.33. The van der Waals surface area contributed by atoms with Crippen LogP contribution in [-0.4, -0.2) is 56.0 Å². The molecule has 3 aromatic rings. The molecule has 1 fully saturated rings. The van der Waals surface area contributed by atoms with Crippen molar-refractivity contribution in [2.75, 3.05) is 26.3 Å². The maximum absolute atomic E-state index is 12.7. The third-order valence-electron chi connectivity index (χ3n) is 4.56. The number of aryl methyl sites for hydroxylation is 1. The Labute approximate surface area is 145 Å². The van der Waals surface area contributed by atoms with Crippen LogP contribution in [0.4, 0.5) is 0 Å². The number of nitrogens with zero attached hydrogens (tertiary/aromatic N) is 5. The van der Waals surface area contributed by atoms with Crippen LogP contribution in [0.2, 0.25) is 0 Å². The molecule has 1 atom stereocenters. The van der Waals surface area contributed by atoms with Gasteiger partial charge in [0.15, 0.2) is 0 Å². The van der Waals surface area contributed by atoms with Crippen molar-refractivity contribution >= 4 is 11.4 Å². The second-order valence-corrected chi connectivity index (χ2v) is 6.50. The molecule has 3 aromatic heterocycles. The standard InChI is InChI=1S/C18H21N5O2/c1-21-11-16(20-13-21)18(24)23-7-8-25-12-14(10-23)9-15-17-3-2-5-22(17)6-4-19-15/h2-6,11,13-14H,7-10,12H2,1H3/t14-/m1/s1. The molecule has 7 nitrogen and oxygen atoms in total. The van der Waals surface area contributed by atoms with Crippen LogP contribution < -0.4 is 0 Å². The molecule has 25 heavy (non-hydrogen) atoms. The smallest absolute Gasteiger partial charge is 0.274 e. The zero-order valence-electron chi connectivity index (χ0n) is 14.2. The van der Waals surface area contributed by atoms with Gasteiger partial charge in [0, 0.05) is 50.8 Å². The molecule has 0 radical (unpaired) electrons. The summed E-state index contributed by atoms with van der Waals surface area (Å²) in [5, 5.41) is 0. The van der Waals surface area contributed by atoms with E-state index in [-0.39, 0.29) is 11.8 Å². The first-order valence-electron chi connectivity index (χ1n) is 8.46. The van der Waals surface area contributed by atoms with Crippen LogP contribution in [0.5, 0.6) is 0 Å². The minimum Gasteiger partial charge on any atom is -0.379 e. The molecule has 0 spiro atoms. The van der Waals surface area contributed by atoms with Crippen molar-refractivity contribution in [1.82, 2.24) is 23.8 Å². The van der Waals surface area contributed by atoms with Gasteiger partial charge in [0.25, 0.3) is 5.91 Å². The van der Waals surface area contributed by atoms with Gasteiger partial charge in [-0.1, -0.05) is 0 Å². The number of fused-ring (bicyclic) bond motifs is 1. The van der Waals surface area contributed by atoms with Crippen molar-refractivity contribution in [2.45, 2.75) is 6.42 Å². The topological polar surface area (TPSA) is 64.7 Å². The Morgan fingerprint density at radius 2 is 2.28 bits per heavy atom. The highest BCUT2D eigenvalue weighted by molar-refractivity contribution is 5.92. The second kappa shape index (κ2) is 6.68. The highest BCUT2D eigenvalue weighted by Gasteiger charge is 2.25. The number of rotatable bonds is 3. The van der Waals surface area contributed by atoms with E-state index in [0.29, 0.717) is 32.0 Å². The van der Waals surface area contributed by atoms with Crippen LogP contribution in [0.3, 0.4) is 0 Å². The molecule has 130 valence electrons. The summed E-state index contributed by atoms with van der Waals surface area (Å²) in [5.41, 5.74) is 2.62. The SMILES string of the molecule is Cn1cnc(C(=O)N2CCOC[C@H](Cc3nccn4cccc34)C2)c1. The van der Waals surface area contributed by atoms with E-state index in [2.05, 4.69) is 20.4 Å². The first kappa shape index (κ1) is 15.8. The molecule has 0 N–H and O–H groups in total. The number of hydrogen-bond donors (Lipinski definition) is 0. The van der Waals surface area contributed by atoms with E-state index in [0.717, 1.165) is 17.6 Å². The van der Waals surface area contributed by atoms with Crippen LogP contribution in [0, 0.1) is 5.92 Å². The minimum absolute atomic E-state index is 0.0371. The van der Waals surface area contributed by atoms with Gasteiger partial charge in [0.2, 0.25) is 0 Å². The molecule has 1 amide bonds. The zero-order chi connectivity index (χ0) is 17.2. The maximum Gasteiger partial charge on any atom is 0.274 e. The van der Waals surface area contributed by atoms with Crippen LogP contribution in [0.1, 0.15) is 16.2 Å². The number of imidazole rings is 1. The first-order chi connectivity index (χ1) is 12.2. The van der Waals surface area contributed by atoms with Gasteiger partial charge < -0.3 is 18.6 Å². The first-order valence-corrected chi connectivity index (χ1v) is 8.46. The average Bonchev–Trinajstić information content (AvgIpc) is 3.20. The molecule has 4 heterocycles. The average molecular weight is 339 g/mol. The number of aromatic nitrogens is 4. The third kappa shape index (κ3) is 3.28. The van der Waals surface area contributed by atoms with Crippen LogP contribution in [0.15, 0.2) is 43.2 Å². The van der Waals surface area contributed by atoms with Crippen molar-refractivity contribution in [3.8, 4) is 0 Å². The third-order valence-corrected chi connectivity index (χ3v) is 4.56. The molecule has 0 unspecified atom stereocenters. The number of carbonyl (C=O) groups is 1. The lowest BCUT2D eigenvalue weighted by atomic mass is 10.0. The van der Waals surface area contributed by atoms with Crippen molar-refractivity contribution in [3.63, 3.8) is 0 Å². The molecule has 4 rings (SSSR count). The zero-order valence-corrected chi connectivity index (χ0v) is 14.2. The summed E-state index contributed by atoms with van der Waals surface area (Å²) in [6.45, 7) is 2.43. The quantitative estimate of drug-likeness (QED) is 0.723. The van der Waals surface area contributed by atoms with Gasteiger partial charge in [-0.15, -0.1) is 0 Å². The summed E-state index contributed by atoms with van der Waals surface area (Å²) in [5.74, 6) is 0.175. The number of amides is 1. The van der Waals surface area contributed by atoms with Gasteiger partial charge in [-0.2, -0.15) is 0 Å². The molecular formula is C18H21N5O2. The van der Waals surface area contributed by atoms with E-state index in [1.54, 1.807) is 17.1 Å². The fourth-order valence-corrected chi connectivity index (χ4v) is 3.33. The lowest BCUT2D eigenvalue weighted by Gasteiger charge is -2.23. The Kier molecular flexibility index (Phi) is 4.23. The number of ether oxygens (including phenoxy) is 1. The van der Waals surface area contributed by atoms with E-state index in [1.807, 2.05) is 36.6 Å². The number of carbonyl (C=O) groups excluding carboxylic acids is 1. The highest BCUT2D eigenvalue weighted by Crippen LogP contribution is 2.18. The van der Waals surface area contributed by atoms with E-state index in [4.69, 9.17) is 4.74 Å². The Hall–Kier alpha value is -2.67. The lowest BCUT2D eigenvalue weighted by Crippen LogP contribution is -2.36. The lowest BCUT2D eigenvalue weighted by molar-refractivity contribution is 0.0732. The minimum atomic E-state index is -0.0371. The Morgan fingerprint density at radius 1 is 1.36 bits per heavy atom. The molecule has 0 aliphatic carbocycles. The molecule has 0 bridgehead atoms. The molecular weight excluding hydrogens is 318 g/mol. The summed E-state index contributed by atoms with van der Waals surface area (Å²) in [6, 6.07) is 4.08. The Bertz CT molecular complexity index is 884. The summed E-state index contributed by atoms with van der Waals surface area (Å²) in [7, 11) is 1.86. The van der Waals surface area contributed by atoms with Gasteiger partial charge in [-0.3, -0.25) is 9.78 Å². The van der Waals surface area contributed by atoms with Crippen molar-refractivity contribution in [2.24, 2.45) is 13.0 Å². The molecule has 7 heteroatoms. The van der Waals surface area contributed by atoms with E-state index in [9.17, 15) is 4.79 Å². The van der Waals surface area contributed by atoms with Crippen molar-refractivity contribution in [1.29, 1.82) is 0 Å². The van der Waals surface area contributed by atoms with Crippen molar-refractivity contribution in [3.05, 3.63) is 54.6 Å². The largest absolute Gasteiger partial charge is 0.379 e. The monoisotopic (exact) mass is 339 g/mol. The second-order valence-electron chi connectivity index (χ2n) is 6.50. The molecule has 1 aliphatic rings. The van der Waals surface area contributed by atoms with Gasteiger partial charge in [-0.25, -0.2) is 4.98 Å². The molecule has 1 aliphatic heterocycles. The maximum atomic E-state index is 12.7. The summed E-state index contributed by atoms with van der Waals surface area (Å²) >= 11 is 0. The fraction of sp³-hybridized carbons (Fsp3) is 0.389. The molecule has 1 saturated heterocycles. The Morgan fingerprint density at radius 3 is 3.12 bits per heavy atom. The normalized spacial score (nSPS) is 18.4. The van der Waals surface area contributed by atoms with E-state index in [1.165, 1.54) is 0 Å². The number of hydrogen-bond acceptors (Lipinski definition) is 4. The summed E-state index contributed by atoms with van der Waals surface area (Å²) < 4.78 is 9.59. The summed E-state index contributed by atoms with van der Waals surface area (Å²) in [6.07, 6.45) is 9.96. The Balaban J connectivity index is 1.52. The predicted octanol–water partition coefficient (Wildman–Crippen LogP) is 1.40.